The Morgan fingerprint density at radius 2 is 1.90 bits per heavy atom. The highest BCUT2D eigenvalue weighted by molar-refractivity contribution is 5.82. The summed E-state index contributed by atoms with van der Waals surface area (Å²) in [7, 11) is 2.03. The van der Waals surface area contributed by atoms with Gasteiger partial charge in [-0.3, -0.25) is 0 Å². The molecule has 5 rings (SSSR count). The van der Waals surface area contributed by atoms with Gasteiger partial charge in [0.2, 0.25) is 5.95 Å². The first-order chi connectivity index (χ1) is 15.2. The molecule has 1 aliphatic carbocycles. The van der Waals surface area contributed by atoms with Gasteiger partial charge >= 0.3 is 0 Å². The summed E-state index contributed by atoms with van der Waals surface area (Å²) in [6.07, 6.45) is 8.30. The minimum Gasteiger partial charge on any atom is -0.350 e. The molecule has 2 N–H and O–H groups in total. The standard InChI is InChI=1S/C22H27FN8/c1-14-26-19-8-7-18(28-21(19)30(14)12-10-23)17-9-11-31-20(17)13-25-22(29-31)27-16-5-3-15(24-2)4-6-16/h7-9,11,13,15-16,24H,3-6,10,12H2,1-2H3,(H,27,29)/t15-,16+. The van der Waals surface area contributed by atoms with Crippen molar-refractivity contribution in [3.05, 3.63) is 36.4 Å². The minimum atomic E-state index is -0.451. The van der Waals surface area contributed by atoms with Crippen molar-refractivity contribution in [2.45, 2.75) is 51.2 Å². The first kappa shape index (κ1) is 19.9. The Kier molecular flexibility index (Phi) is 5.27. The average molecular weight is 423 g/mol. The fraction of sp³-hybridized carbons (Fsp3) is 0.455. The lowest BCUT2D eigenvalue weighted by atomic mass is 9.91. The molecule has 162 valence electrons. The number of nitrogens with one attached hydrogen (secondary N) is 2. The van der Waals surface area contributed by atoms with Gasteiger partial charge in [-0.15, -0.1) is 5.10 Å². The van der Waals surface area contributed by atoms with Gasteiger partial charge in [-0.25, -0.2) is 23.9 Å². The smallest absolute Gasteiger partial charge is 0.241 e. The zero-order valence-corrected chi connectivity index (χ0v) is 17.8. The summed E-state index contributed by atoms with van der Waals surface area (Å²) >= 11 is 0. The molecule has 0 aliphatic heterocycles. The third-order valence-electron chi connectivity index (χ3n) is 6.25. The SMILES string of the molecule is CN[C@H]1CC[C@@H](Nc2ncc3c(-c4ccc5nc(C)n(CCF)c5n4)ccn3n2)CC1. The molecule has 1 fully saturated rings. The van der Waals surface area contributed by atoms with Crippen molar-refractivity contribution in [2.75, 3.05) is 19.0 Å². The number of nitrogens with zero attached hydrogens (tertiary/aromatic N) is 6. The summed E-state index contributed by atoms with van der Waals surface area (Å²) in [6, 6.07) is 6.88. The first-order valence-electron chi connectivity index (χ1n) is 10.8. The second kappa shape index (κ2) is 8.22. The van der Waals surface area contributed by atoms with Crippen LogP contribution in [0.1, 0.15) is 31.5 Å². The van der Waals surface area contributed by atoms with Crippen LogP contribution in [0.15, 0.2) is 30.6 Å². The molecule has 9 heteroatoms. The molecule has 0 bridgehead atoms. The van der Waals surface area contributed by atoms with Crippen LogP contribution in [-0.4, -0.2) is 54.9 Å². The number of hydrogen-bond acceptors (Lipinski definition) is 6. The van der Waals surface area contributed by atoms with Gasteiger partial charge in [0.25, 0.3) is 0 Å². The number of imidazole rings is 1. The number of aryl methyl sites for hydroxylation is 2. The van der Waals surface area contributed by atoms with Crippen LogP contribution in [0.3, 0.4) is 0 Å². The molecule has 0 saturated heterocycles. The molecule has 0 atom stereocenters. The highest BCUT2D eigenvalue weighted by Crippen LogP contribution is 2.27. The van der Waals surface area contributed by atoms with E-state index in [-0.39, 0.29) is 6.54 Å². The quantitative estimate of drug-likeness (QED) is 0.496. The Morgan fingerprint density at radius 1 is 1.10 bits per heavy atom. The molecular formula is C22H27FN8. The Hall–Kier alpha value is -3.07. The number of hydrogen-bond donors (Lipinski definition) is 2. The van der Waals surface area contributed by atoms with E-state index in [1.54, 1.807) is 0 Å². The van der Waals surface area contributed by atoms with E-state index in [0.29, 0.717) is 23.7 Å². The summed E-state index contributed by atoms with van der Waals surface area (Å²) in [5.74, 6) is 1.41. The predicted molar refractivity (Wildman–Crippen MR) is 119 cm³/mol. The van der Waals surface area contributed by atoms with Gasteiger partial charge in [-0.1, -0.05) is 0 Å². The number of aromatic nitrogens is 6. The van der Waals surface area contributed by atoms with Gasteiger partial charge < -0.3 is 15.2 Å². The van der Waals surface area contributed by atoms with E-state index in [4.69, 9.17) is 4.98 Å². The summed E-state index contributed by atoms with van der Waals surface area (Å²) in [5.41, 5.74) is 4.08. The fourth-order valence-electron chi connectivity index (χ4n) is 4.51. The monoisotopic (exact) mass is 422 g/mol. The van der Waals surface area contributed by atoms with E-state index < -0.39 is 6.67 Å². The average Bonchev–Trinajstić information content (AvgIpc) is 3.35. The lowest BCUT2D eigenvalue weighted by molar-refractivity contribution is 0.370. The van der Waals surface area contributed by atoms with Crippen LogP contribution in [-0.2, 0) is 6.54 Å². The Labute approximate surface area is 179 Å². The molecule has 0 spiro atoms. The van der Waals surface area contributed by atoms with Gasteiger partial charge in [0.15, 0.2) is 5.65 Å². The molecule has 4 aromatic rings. The molecule has 1 saturated carbocycles. The molecule has 0 amide bonds. The van der Waals surface area contributed by atoms with Crippen molar-refractivity contribution in [1.29, 1.82) is 0 Å². The van der Waals surface area contributed by atoms with Crippen molar-refractivity contribution in [1.82, 2.24) is 34.4 Å². The normalized spacial score (nSPS) is 19.3. The lowest BCUT2D eigenvalue weighted by Crippen LogP contribution is -2.35. The van der Waals surface area contributed by atoms with Gasteiger partial charge in [0.1, 0.15) is 18.0 Å². The van der Waals surface area contributed by atoms with Gasteiger partial charge in [-0.05, 0) is 57.9 Å². The molecule has 0 unspecified atom stereocenters. The van der Waals surface area contributed by atoms with Crippen LogP contribution in [0.25, 0.3) is 27.9 Å². The fourth-order valence-corrected chi connectivity index (χ4v) is 4.51. The van der Waals surface area contributed by atoms with Gasteiger partial charge in [-0.2, -0.15) is 0 Å². The van der Waals surface area contributed by atoms with Crippen LogP contribution < -0.4 is 10.6 Å². The Morgan fingerprint density at radius 3 is 2.68 bits per heavy atom. The molecular weight excluding hydrogens is 395 g/mol. The third kappa shape index (κ3) is 3.74. The van der Waals surface area contributed by atoms with Crippen molar-refractivity contribution >= 4 is 22.6 Å². The molecule has 4 heterocycles. The van der Waals surface area contributed by atoms with E-state index in [0.717, 1.165) is 53.8 Å². The second-order valence-electron chi connectivity index (χ2n) is 8.16. The Balaban J connectivity index is 1.42. The maximum atomic E-state index is 13.0. The predicted octanol–water partition coefficient (Wildman–Crippen LogP) is 3.36. The van der Waals surface area contributed by atoms with Gasteiger partial charge in [0, 0.05) is 23.8 Å². The number of fused-ring (bicyclic) bond motifs is 2. The maximum Gasteiger partial charge on any atom is 0.241 e. The largest absolute Gasteiger partial charge is 0.350 e. The second-order valence-corrected chi connectivity index (χ2v) is 8.16. The number of rotatable bonds is 6. The molecule has 4 aromatic heterocycles. The first-order valence-corrected chi connectivity index (χ1v) is 10.8. The van der Waals surface area contributed by atoms with E-state index in [1.807, 2.05) is 53.6 Å². The zero-order valence-electron chi connectivity index (χ0n) is 17.8. The van der Waals surface area contributed by atoms with Crippen LogP contribution in [0.2, 0.25) is 0 Å². The molecule has 8 nitrogen and oxygen atoms in total. The van der Waals surface area contributed by atoms with Crippen molar-refractivity contribution in [3.8, 4) is 11.3 Å². The van der Waals surface area contributed by atoms with Crippen molar-refractivity contribution in [3.63, 3.8) is 0 Å². The molecule has 31 heavy (non-hydrogen) atoms. The van der Waals surface area contributed by atoms with Crippen molar-refractivity contribution in [2.24, 2.45) is 0 Å². The summed E-state index contributed by atoms with van der Waals surface area (Å²) in [6.45, 7) is 1.68. The summed E-state index contributed by atoms with van der Waals surface area (Å²) in [5, 5.41) is 11.5. The minimum absolute atomic E-state index is 0.254. The number of anilines is 1. The van der Waals surface area contributed by atoms with E-state index in [1.165, 1.54) is 0 Å². The molecule has 1 aliphatic rings. The van der Waals surface area contributed by atoms with Gasteiger partial charge in [0.05, 0.1) is 24.0 Å². The van der Waals surface area contributed by atoms with Crippen LogP contribution >= 0.6 is 0 Å². The van der Waals surface area contributed by atoms with E-state index >= 15 is 0 Å². The zero-order chi connectivity index (χ0) is 21.4. The number of alkyl halides is 1. The molecule has 0 radical (unpaired) electrons. The number of pyridine rings is 1. The highest BCUT2D eigenvalue weighted by atomic mass is 19.1. The topological polar surface area (TPSA) is 85.0 Å². The summed E-state index contributed by atoms with van der Waals surface area (Å²) in [4.78, 5) is 13.8. The van der Waals surface area contributed by atoms with E-state index in [9.17, 15) is 4.39 Å². The van der Waals surface area contributed by atoms with Crippen LogP contribution in [0, 0.1) is 6.92 Å². The summed E-state index contributed by atoms with van der Waals surface area (Å²) < 4.78 is 16.6. The van der Waals surface area contributed by atoms with Crippen LogP contribution in [0.4, 0.5) is 10.3 Å². The lowest BCUT2D eigenvalue weighted by Gasteiger charge is -2.28. The highest BCUT2D eigenvalue weighted by Gasteiger charge is 2.21. The maximum absolute atomic E-state index is 13.0. The van der Waals surface area contributed by atoms with E-state index in [2.05, 4.69) is 25.7 Å². The van der Waals surface area contributed by atoms with Crippen molar-refractivity contribution < 1.29 is 4.39 Å². The van der Waals surface area contributed by atoms with Crippen LogP contribution in [0.5, 0.6) is 0 Å². The Bertz CT molecular complexity index is 1210. The number of halogens is 1. The third-order valence-corrected chi connectivity index (χ3v) is 6.25. The molecule has 0 aromatic carbocycles.